The van der Waals surface area contributed by atoms with E-state index in [-0.39, 0.29) is 18.5 Å². The summed E-state index contributed by atoms with van der Waals surface area (Å²) in [6.07, 6.45) is 2.42. The van der Waals surface area contributed by atoms with Crippen molar-refractivity contribution >= 4 is 5.97 Å². The van der Waals surface area contributed by atoms with Crippen molar-refractivity contribution in [3.05, 3.63) is 23.8 Å². The molecule has 0 bridgehead atoms. The number of methoxy groups -OCH3 is 1. The molecule has 0 N–H and O–H groups in total. The van der Waals surface area contributed by atoms with E-state index in [1.54, 1.807) is 7.11 Å². The van der Waals surface area contributed by atoms with Gasteiger partial charge in [0, 0.05) is 13.2 Å². The quantitative estimate of drug-likeness (QED) is 0.725. The molecule has 1 fully saturated rings. The molecule has 1 saturated heterocycles. The predicted octanol–water partition coefficient (Wildman–Crippen LogP) is 2.95. The van der Waals surface area contributed by atoms with Crippen LogP contribution in [0.2, 0.25) is 0 Å². The molecule has 0 saturated carbocycles. The zero-order chi connectivity index (χ0) is 15.8. The minimum absolute atomic E-state index is 0.0391. The smallest absolute Gasteiger partial charge is 0.309 e. The number of hydrogen-bond acceptors (Lipinski definition) is 5. The molecule has 0 spiro atoms. The molecule has 0 atom stereocenters. The van der Waals surface area contributed by atoms with Gasteiger partial charge in [-0.05, 0) is 37.0 Å². The Morgan fingerprint density at radius 3 is 2.73 bits per heavy atom. The molecule has 0 radical (unpaired) electrons. The van der Waals surface area contributed by atoms with Crippen LogP contribution in [0.3, 0.4) is 0 Å². The number of ether oxygens (including phenoxy) is 4. The van der Waals surface area contributed by atoms with E-state index in [2.05, 4.69) is 6.92 Å². The van der Waals surface area contributed by atoms with Crippen molar-refractivity contribution in [1.29, 1.82) is 0 Å². The van der Waals surface area contributed by atoms with Gasteiger partial charge in [0.2, 0.25) is 0 Å². The SMILES string of the molecule is CCCOc1ccc(COC(=O)C2CCOCC2)cc1OC. The molecule has 5 nitrogen and oxygen atoms in total. The van der Waals surface area contributed by atoms with E-state index in [1.165, 1.54) is 0 Å². The summed E-state index contributed by atoms with van der Waals surface area (Å²) in [4.78, 5) is 12.0. The summed E-state index contributed by atoms with van der Waals surface area (Å²) in [7, 11) is 1.60. The van der Waals surface area contributed by atoms with Crippen molar-refractivity contribution in [2.75, 3.05) is 26.9 Å². The fourth-order valence-corrected chi connectivity index (χ4v) is 2.34. The number of esters is 1. The number of hydrogen-bond donors (Lipinski definition) is 0. The van der Waals surface area contributed by atoms with E-state index in [1.807, 2.05) is 18.2 Å². The van der Waals surface area contributed by atoms with Gasteiger partial charge in [-0.15, -0.1) is 0 Å². The monoisotopic (exact) mass is 308 g/mol. The van der Waals surface area contributed by atoms with Crippen molar-refractivity contribution in [1.82, 2.24) is 0 Å². The number of carbonyl (C=O) groups excluding carboxylic acids is 1. The third-order valence-corrected chi connectivity index (χ3v) is 3.63. The molecule has 1 aromatic rings. The van der Waals surface area contributed by atoms with Gasteiger partial charge >= 0.3 is 5.97 Å². The Hall–Kier alpha value is -1.75. The maximum absolute atomic E-state index is 12.0. The first-order valence-corrected chi connectivity index (χ1v) is 7.78. The van der Waals surface area contributed by atoms with Crippen LogP contribution in [0.1, 0.15) is 31.7 Å². The van der Waals surface area contributed by atoms with Crippen molar-refractivity contribution < 1.29 is 23.7 Å². The zero-order valence-corrected chi connectivity index (χ0v) is 13.3. The largest absolute Gasteiger partial charge is 0.493 e. The molecule has 1 aliphatic heterocycles. The van der Waals surface area contributed by atoms with Gasteiger partial charge in [0.1, 0.15) is 6.61 Å². The van der Waals surface area contributed by atoms with Gasteiger partial charge in [-0.2, -0.15) is 0 Å². The Balaban J connectivity index is 1.90. The molecule has 0 amide bonds. The molecular formula is C17H24O5. The second-order valence-corrected chi connectivity index (χ2v) is 5.33. The van der Waals surface area contributed by atoms with E-state index in [0.29, 0.717) is 31.3 Å². The number of carbonyl (C=O) groups is 1. The van der Waals surface area contributed by atoms with Gasteiger partial charge < -0.3 is 18.9 Å². The summed E-state index contributed by atoms with van der Waals surface area (Å²) in [6, 6.07) is 5.60. The molecule has 1 aliphatic rings. The highest BCUT2D eigenvalue weighted by Gasteiger charge is 2.23. The molecule has 0 aromatic heterocycles. The van der Waals surface area contributed by atoms with Crippen LogP contribution in [-0.4, -0.2) is 32.9 Å². The van der Waals surface area contributed by atoms with Crippen molar-refractivity contribution in [2.45, 2.75) is 32.8 Å². The lowest BCUT2D eigenvalue weighted by Gasteiger charge is -2.20. The maximum Gasteiger partial charge on any atom is 0.309 e. The predicted molar refractivity (Wildman–Crippen MR) is 82.1 cm³/mol. The van der Waals surface area contributed by atoms with Crippen molar-refractivity contribution in [3.8, 4) is 11.5 Å². The first-order chi connectivity index (χ1) is 10.7. The summed E-state index contributed by atoms with van der Waals surface area (Å²) < 4.78 is 21.6. The van der Waals surface area contributed by atoms with Crippen LogP contribution in [-0.2, 0) is 20.9 Å². The molecule has 5 heteroatoms. The second kappa shape index (κ2) is 8.63. The second-order valence-electron chi connectivity index (χ2n) is 5.33. The van der Waals surface area contributed by atoms with Gasteiger partial charge in [0.25, 0.3) is 0 Å². The third-order valence-electron chi connectivity index (χ3n) is 3.63. The summed E-state index contributed by atoms with van der Waals surface area (Å²) in [5, 5.41) is 0. The average Bonchev–Trinajstić information content (AvgIpc) is 2.58. The first-order valence-electron chi connectivity index (χ1n) is 7.78. The van der Waals surface area contributed by atoms with E-state index < -0.39 is 0 Å². The van der Waals surface area contributed by atoms with E-state index in [0.717, 1.165) is 24.8 Å². The van der Waals surface area contributed by atoms with Gasteiger partial charge in [-0.25, -0.2) is 0 Å². The van der Waals surface area contributed by atoms with Crippen molar-refractivity contribution in [2.24, 2.45) is 5.92 Å². The third kappa shape index (κ3) is 4.63. The van der Waals surface area contributed by atoms with Crippen LogP contribution in [0.5, 0.6) is 11.5 Å². The van der Waals surface area contributed by atoms with Crippen LogP contribution in [0.25, 0.3) is 0 Å². The van der Waals surface area contributed by atoms with Gasteiger partial charge in [-0.1, -0.05) is 13.0 Å². The molecule has 1 heterocycles. The Morgan fingerprint density at radius 2 is 2.05 bits per heavy atom. The Morgan fingerprint density at radius 1 is 1.27 bits per heavy atom. The van der Waals surface area contributed by atoms with Crippen LogP contribution >= 0.6 is 0 Å². The fraction of sp³-hybridized carbons (Fsp3) is 0.588. The molecule has 22 heavy (non-hydrogen) atoms. The lowest BCUT2D eigenvalue weighted by atomic mass is 10.0. The zero-order valence-electron chi connectivity index (χ0n) is 13.3. The minimum Gasteiger partial charge on any atom is -0.493 e. The van der Waals surface area contributed by atoms with E-state index in [9.17, 15) is 4.79 Å². The highest BCUT2D eigenvalue weighted by atomic mass is 16.5. The van der Waals surface area contributed by atoms with Crippen LogP contribution in [0.4, 0.5) is 0 Å². The summed E-state index contributed by atoms with van der Waals surface area (Å²) >= 11 is 0. The number of benzene rings is 1. The van der Waals surface area contributed by atoms with E-state index >= 15 is 0 Å². The fourth-order valence-electron chi connectivity index (χ4n) is 2.34. The van der Waals surface area contributed by atoms with Crippen LogP contribution in [0, 0.1) is 5.92 Å². The standard InChI is InChI=1S/C17H24O5/c1-3-8-21-15-5-4-13(11-16(15)19-2)12-22-17(18)14-6-9-20-10-7-14/h4-5,11,14H,3,6-10,12H2,1-2H3. The summed E-state index contributed by atoms with van der Waals surface area (Å²) in [6.45, 7) is 4.22. The molecule has 2 rings (SSSR count). The lowest BCUT2D eigenvalue weighted by Crippen LogP contribution is -2.25. The summed E-state index contributed by atoms with van der Waals surface area (Å²) in [5.41, 5.74) is 0.890. The van der Waals surface area contributed by atoms with Gasteiger partial charge in [0.15, 0.2) is 11.5 Å². The highest BCUT2D eigenvalue weighted by Crippen LogP contribution is 2.28. The topological polar surface area (TPSA) is 54.0 Å². The van der Waals surface area contributed by atoms with E-state index in [4.69, 9.17) is 18.9 Å². The molecule has 1 aromatic carbocycles. The van der Waals surface area contributed by atoms with Gasteiger partial charge in [-0.3, -0.25) is 4.79 Å². The van der Waals surface area contributed by atoms with Gasteiger partial charge in [0.05, 0.1) is 19.6 Å². The molecule has 0 aliphatic carbocycles. The molecule has 122 valence electrons. The Kier molecular flexibility index (Phi) is 6.52. The lowest BCUT2D eigenvalue weighted by molar-refractivity contribution is -0.153. The average molecular weight is 308 g/mol. The van der Waals surface area contributed by atoms with Crippen LogP contribution in [0.15, 0.2) is 18.2 Å². The number of rotatable bonds is 7. The highest BCUT2D eigenvalue weighted by molar-refractivity contribution is 5.72. The van der Waals surface area contributed by atoms with Crippen molar-refractivity contribution in [3.63, 3.8) is 0 Å². The normalized spacial score (nSPS) is 15.4. The first kappa shape index (κ1) is 16.6. The Labute approximate surface area is 131 Å². The Bertz CT molecular complexity index is 480. The molecular weight excluding hydrogens is 284 g/mol. The summed E-state index contributed by atoms with van der Waals surface area (Å²) in [5.74, 6) is 1.19. The van der Waals surface area contributed by atoms with Crippen LogP contribution < -0.4 is 9.47 Å². The minimum atomic E-state index is -0.145. The maximum atomic E-state index is 12.0. The molecule has 0 unspecified atom stereocenters.